The number of aromatic nitrogens is 4. The van der Waals surface area contributed by atoms with E-state index in [1.54, 1.807) is 22.7 Å². The highest BCUT2D eigenvalue weighted by atomic mass is 16.5. The Morgan fingerprint density at radius 3 is 2.52 bits per heavy atom. The number of nitrogens with one attached hydrogen (secondary N) is 2. The average Bonchev–Trinajstić information content (AvgIpc) is 3.18. The van der Waals surface area contributed by atoms with Gasteiger partial charge in [0.2, 0.25) is 0 Å². The molecule has 27 heavy (non-hydrogen) atoms. The van der Waals surface area contributed by atoms with E-state index >= 15 is 0 Å². The maximum atomic E-state index is 12.4. The fraction of sp³-hybridized carbons (Fsp3) is 0.316. The quantitative estimate of drug-likeness (QED) is 0.700. The number of amides is 2. The zero-order valence-corrected chi connectivity index (χ0v) is 16.0. The van der Waals surface area contributed by atoms with Crippen molar-refractivity contribution >= 4 is 11.8 Å². The minimum Gasteiger partial charge on any atom is -0.497 e. The Kier molecular flexibility index (Phi) is 5.44. The molecule has 0 aliphatic carbocycles. The molecule has 2 aromatic heterocycles. The molecule has 8 heteroatoms. The third kappa shape index (κ3) is 4.11. The topological polar surface area (TPSA) is 86.0 Å². The number of ether oxygens (including phenoxy) is 1. The average molecular weight is 368 g/mol. The minimum absolute atomic E-state index is 0.269. The number of aryl methyl sites for hydroxylation is 3. The van der Waals surface area contributed by atoms with Crippen molar-refractivity contribution in [3.8, 4) is 16.9 Å². The highest BCUT2D eigenvalue weighted by Crippen LogP contribution is 2.32. The van der Waals surface area contributed by atoms with Crippen molar-refractivity contribution < 1.29 is 9.53 Å². The van der Waals surface area contributed by atoms with E-state index in [0.29, 0.717) is 18.8 Å². The van der Waals surface area contributed by atoms with Crippen LogP contribution in [0.15, 0.2) is 36.5 Å². The molecule has 0 spiro atoms. The number of urea groups is 1. The van der Waals surface area contributed by atoms with Gasteiger partial charge in [-0.15, -0.1) is 0 Å². The summed E-state index contributed by atoms with van der Waals surface area (Å²) in [6.45, 7) is 2.44. The number of carbonyl (C=O) groups is 1. The van der Waals surface area contributed by atoms with Gasteiger partial charge in [-0.1, -0.05) is 12.1 Å². The van der Waals surface area contributed by atoms with Crippen molar-refractivity contribution in [3.05, 3.63) is 47.9 Å². The van der Waals surface area contributed by atoms with Gasteiger partial charge in [0.25, 0.3) is 0 Å². The second-order valence-corrected chi connectivity index (χ2v) is 6.24. The SMILES string of the molecule is COc1ccc(-c2c(C)nn(C)c2NC(=O)NCCc2ccnn2C)cc1. The smallest absolute Gasteiger partial charge is 0.320 e. The molecule has 2 amide bonds. The lowest BCUT2D eigenvalue weighted by Crippen LogP contribution is -2.31. The number of methoxy groups -OCH3 is 1. The van der Waals surface area contributed by atoms with E-state index in [0.717, 1.165) is 28.3 Å². The van der Waals surface area contributed by atoms with Crippen LogP contribution in [-0.2, 0) is 20.5 Å². The van der Waals surface area contributed by atoms with E-state index < -0.39 is 0 Å². The molecule has 0 radical (unpaired) electrons. The second kappa shape index (κ2) is 7.94. The molecule has 2 N–H and O–H groups in total. The van der Waals surface area contributed by atoms with Gasteiger partial charge in [0.15, 0.2) is 0 Å². The van der Waals surface area contributed by atoms with Crippen LogP contribution in [0.3, 0.4) is 0 Å². The molecule has 3 rings (SSSR count). The molecule has 0 aliphatic heterocycles. The lowest BCUT2D eigenvalue weighted by Gasteiger charge is -2.11. The minimum atomic E-state index is -0.269. The van der Waals surface area contributed by atoms with Crippen LogP contribution in [0.1, 0.15) is 11.4 Å². The molecule has 8 nitrogen and oxygen atoms in total. The van der Waals surface area contributed by atoms with Crippen molar-refractivity contribution in [1.29, 1.82) is 0 Å². The molecule has 0 fully saturated rings. The van der Waals surface area contributed by atoms with Crippen molar-refractivity contribution in [2.24, 2.45) is 14.1 Å². The van der Waals surface area contributed by atoms with Gasteiger partial charge in [0, 0.05) is 44.5 Å². The van der Waals surface area contributed by atoms with Gasteiger partial charge in [0.1, 0.15) is 11.6 Å². The lowest BCUT2D eigenvalue weighted by atomic mass is 10.1. The van der Waals surface area contributed by atoms with Crippen molar-refractivity contribution in [3.63, 3.8) is 0 Å². The Balaban J connectivity index is 1.70. The van der Waals surface area contributed by atoms with Gasteiger partial charge in [0.05, 0.1) is 12.8 Å². The summed E-state index contributed by atoms with van der Waals surface area (Å²) in [5.74, 6) is 1.43. The zero-order valence-electron chi connectivity index (χ0n) is 16.0. The first-order valence-electron chi connectivity index (χ1n) is 8.69. The molecule has 0 bridgehead atoms. The molecule has 0 unspecified atom stereocenters. The van der Waals surface area contributed by atoms with Gasteiger partial charge in [-0.2, -0.15) is 10.2 Å². The van der Waals surface area contributed by atoms with Crippen LogP contribution in [0, 0.1) is 6.92 Å². The summed E-state index contributed by atoms with van der Waals surface area (Å²) in [7, 11) is 5.33. The van der Waals surface area contributed by atoms with Gasteiger partial charge in [-0.05, 0) is 30.7 Å². The molecule has 0 saturated carbocycles. The van der Waals surface area contributed by atoms with Gasteiger partial charge >= 0.3 is 6.03 Å². The summed E-state index contributed by atoms with van der Waals surface area (Å²) in [6, 6.07) is 9.35. The van der Waals surface area contributed by atoms with Crippen LogP contribution in [0.5, 0.6) is 5.75 Å². The summed E-state index contributed by atoms with van der Waals surface area (Å²) >= 11 is 0. The van der Waals surface area contributed by atoms with Crippen molar-refractivity contribution in [1.82, 2.24) is 24.9 Å². The number of nitrogens with zero attached hydrogens (tertiary/aromatic N) is 4. The summed E-state index contributed by atoms with van der Waals surface area (Å²) in [5.41, 5.74) is 3.76. The maximum Gasteiger partial charge on any atom is 0.320 e. The van der Waals surface area contributed by atoms with E-state index in [1.165, 1.54) is 0 Å². The lowest BCUT2D eigenvalue weighted by molar-refractivity contribution is 0.252. The van der Waals surface area contributed by atoms with E-state index in [-0.39, 0.29) is 6.03 Å². The van der Waals surface area contributed by atoms with Crippen LogP contribution < -0.4 is 15.4 Å². The monoisotopic (exact) mass is 368 g/mol. The predicted octanol–water partition coefficient (Wildman–Crippen LogP) is 2.50. The van der Waals surface area contributed by atoms with Gasteiger partial charge in [-0.25, -0.2) is 4.79 Å². The number of carbonyl (C=O) groups excluding carboxylic acids is 1. The number of benzene rings is 1. The fourth-order valence-corrected chi connectivity index (χ4v) is 3.01. The first kappa shape index (κ1) is 18.5. The predicted molar refractivity (Wildman–Crippen MR) is 104 cm³/mol. The molecule has 0 saturated heterocycles. The zero-order chi connectivity index (χ0) is 19.4. The van der Waals surface area contributed by atoms with Crippen molar-refractivity contribution in [2.75, 3.05) is 19.0 Å². The van der Waals surface area contributed by atoms with Gasteiger partial charge < -0.3 is 10.1 Å². The maximum absolute atomic E-state index is 12.4. The molecule has 142 valence electrons. The van der Waals surface area contributed by atoms with Crippen LogP contribution in [0.4, 0.5) is 10.6 Å². The molecule has 1 aromatic carbocycles. The Bertz CT molecular complexity index is 926. The highest BCUT2D eigenvalue weighted by Gasteiger charge is 2.17. The summed E-state index contributed by atoms with van der Waals surface area (Å²) in [4.78, 5) is 12.4. The third-order valence-electron chi connectivity index (χ3n) is 4.42. The normalized spacial score (nSPS) is 10.7. The van der Waals surface area contributed by atoms with E-state index in [4.69, 9.17) is 4.74 Å². The van der Waals surface area contributed by atoms with Crippen molar-refractivity contribution in [2.45, 2.75) is 13.3 Å². The first-order chi connectivity index (χ1) is 13.0. The van der Waals surface area contributed by atoms with Crippen LogP contribution in [0.25, 0.3) is 11.1 Å². The number of rotatable bonds is 6. The fourth-order valence-electron chi connectivity index (χ4n) is 3.01. The second-order valence-electron chi connectivity index (χ2n) is 6.24. The Morgan fingerprint density at radius 1 is 1.15 bits per heavy atom. The van der Waals surface area contributed by atoms with Crippen LogP contribution >= 0.6 is 0 Å². The molecule has 2 heterocycles. The van der Waals surface area contributed by atoms with Crippen LogP contribution in [-0.4, -0.2) is 39.2 Å². The van der Waals surface area contributed by atoms with E-state index in [1.807, 2.05) is 51.4 Å². The summed E-state index contributed by atoms with van der Waals surface area (Å²) in [5, 5.41) is 14.4. The summed E-state index contributed by atoms with van der Waals surface area (Å²) in [6.07, 6.45) is 2.45. The highest BCUT2D eigenvalue weighted by molar-refractivity contribution is 5.93. The Hall–Kier alpha value is -3.29. The molecular formula is C19H24N6O2. The number of hydrogen-bond acceptors (Lipinski definition) is 4. The molecule has 3 aromatic rings. The van der Waals surface area contributed by atoms with Gasteiger partial charge in [-0.3, -0.25) is 14.7 Å². The summed E-state index contributed by atoms with van der Waals surface area (Å²) < 4.78 is 8.69. The van der Waals surface area contributed by atoms with E-state index in [9.17, 15) is 4.79 Å². The first-order valence-corrected chi connectivity index (χ1v) is 8.69. The van der Waals surface area contributed by atoms with Crippen LogP contribution in [0.2, 0.25) is 0 Å². The Morgan fingerprint density at radius 2 is 1.89 bits per heavy atom. The number of anilines is 1. The largest absolute Gasteiger partial charge is 0.497 e. The number of hydrogen-bond donors (Lipinski definition) is 2. The standard InChI is InChI=1S/C19H24N6O2/c1-13-17(14-5-7-16(27-4)8-6-14)18(25(3)23-13)22-19(26)20-11-9-15-10-12-21-24(15)2/h5-8,10,12H,9,11H2,1-4H3,(H2,20,22,26). The Labute approximate surface area is 158 Å². The molecule has 0 aliphatic rings. The third-order valence-corrected chi connectivity index (χ3v) is 4.42. The molecule has 0 atom stereocenters. The molecular weight excluding hydrogens is 344 g/mol. The van der Waals surface area contributed by atoms with E-state index in [2.05, 4.69) is 20.8 Å².